The van der Waals surface area contributed by atoms with Crippen LogP contribution < -0.4 is 4.72 Å². The number of nitrogens with zero attached hydrogens (tertiary/aromatic N) is 2. The maximum absolute atomic E-state index is 12.4. The van der Waals surface area contributed by atoms with Crippen LogP contribution in [0.4, 0.5) is 0 Å². The summed E-state index contributed by atoms with van der Waals surface area (Å²) in [5.74, 6) is 0.0189. The molecule has 128 valence electrons. The van der Waals surface area contributed by atoms with Gasteiger partial charge in [-0.25, -0.2) is 13.1 Å². The van der Waals surface area contributed by atoms with E-state index in [4.69, 9.17) is 9.26 Å². The first-order chi connectivity index (χ1) is 10.8. The van der Waals surface area contributed by atoms with Gasteiger partial charge in [0.15, 0.2) is 0 Å². The zero-order valence-electron chi connectivity index (χ0n) is 13.2. The summed E-state index contributed by atoms with van der Waals surface area (Å²) in [5.41, 5.74) is 0.180. The number of carbonyl (C=O) groups is 1. The molecule has 2 aliphatic rings. The van der Waals surface area contributed by atoms with Gasteiger partial charge in [0.25, 0.3) is 5.91 Å². The summed E-state index contributed by atoms with van der Waals surface area (Å²) in [7, 11) is -3.25. The van der Waals surface area contributed by atoms with Gasteiger partial charge in [0, 0.05) is 25.3 Å². The molecule has 0 aromatic carbocycles. The van der Waals surface area contributed by atoms with Crippen LogP contribution in [0.3, 0.4) is 0 Å². The van der Waals surface area contributed by atoms with E-state index in [0.717, 1.165) is 6.26 Å². The average Bonchev–Trinajstić information content (AvgIpc) is 3.04. The number of amides is 1. The largest absolute Gasteiger partial charge is 0.373 e. The lowest BCUT2D eigenvalue weighted by atomic mass is 9.90. The highest BCUT2D eigenvalue weighted by Crippen LogP contribution is 2.35. The number of carbonyl (C=O) groups excluding carboxylic acids is 1. The second kappa shape index (κ2) is 5.88. The van der Waals surface area contributed by atoms with Crippen LogP contribution in [0.1, 0.15) is 35.5 Å². The molecule has 0 unspecified atom stereocenters. The number of ether oxygens (including phenoxy) is 1. The fourth-order valence-corrected chi connectivity index (χ4v) is 4.16. The van der Waals surface area contributed by atoms with Crippen LogP contribution >= 0.6 is 0 Å². The minimum absolute atomic E-state index is 0.152. The molecule has 2 fully saturated rings. The molecule has 8 nitrogen and oxygen atoms in total. The highest BCUT2D eigenvalue weighted by molar-refractivity contribution is 7.88. The van der Waals surface area contributed by atoms with E-state index in [9.17, 15) is 13.2 Å². The molecule has 3 rings (SSSR count). The zero-order valence-corrected chi connectivity index (χ0v) is 14.1. The Hall–Kier alpha value is -1.45. The lowest BCUT2D eigenvalue weighted by molar-refractivity contribution is -0.0763. The summed E-state index contributed by atoms with van der Waals surface area (Å²) in [4.78, 5) is 14.1. The Bertz CT molecular complexity index is 701. The van der Waals surface area contributed by atoms with Crippen molar-refractivity contribution in [3.05, 3.63) is 17.5 Å². The molecule has 1 N–H and O–H groups in total. The van der Waals surface area contributed by atoms with Crippen LogP contribution in [0, 0.1) is 6.92 Å². The zero-order chi connectivity index (χ0) is 16.7. The Labute approximate surface area is 135 Å². The third kappa shape index (κ3) is 3.73. The van der Waals surface area contributed by atoms with Crippen LogP contribution in [-0.4, -0.2) is 62.0 Å². The lowest BCUT2D eigenvalue weighted by Gasteiger charge is -2.38. The Kier molecular flexibility index (Phi) is 4.19. The molecule has 0 aliphatic carbocycles. The Morgan fingerprint density at radius 2 is 2.30 bits per heavy atom. The number of hydrogen-bond acceptors (Lipinski definition) is 6. The number of aromatic nitrogens is 1. The molecule has 0 bridgehead atoms. The molecule has 1 amide bonds. The predicted molar refractivity (Wildman–Crippen MR) is 81.4 cm³/mol. The van der Waals surface area contributed by atoms with Crippen molar-refractivity contribution in [2.75, 3.05) is 26.0 Å². The van der Waals surface area contributed by atoms with E-state index in [2.05, 4.69) is 9.88 Å². The highest BCUT2D eigenvalue weighted by Gasteiger charge is 2.45. The van der Waals surface area contributed by atoms with Gasteiger partial charge in [-0.05, 0) is 26.2 Å². The fourth-order valence-electron chi connectivity index (χ4n) is 3.35. The average molecular weight is 343 g/mol. The Balaban J connectivity index is 1.67. The van der Waals surface area contributed by atoms with Crippen LogP contribution in [0.2, 0.25) is 0 Å². The number of likely N-dealkylation sites (tertiary alicyclic amines) is 1. The standard InChI is InChI=1S/C14H21N3O5S/c1-10-7-12(22-15-10)13(18)17-5-4-14(9-17)8-11(3-6-21-14)16-23(2,19)20/h7,11,16H,3-6,8-9H2,1-2H3/t11-,14+/m1/s1. The number of sulfonamides is 1. The monoisotopic (exact) mass is 343 g/mol. The quantitative estimate of drug-likeness (QED) is 0.847. The van der Waals surface area contributed by atoms with Gasteiger partial charge < -0.3 is 14.2 Å². The Morgan fingerprint density at radius 3 is 2.96 bits per heavy atom. The van der Waals surface area contributed by atoms with Crippen LogP contribution in [0.25, 0.3) is 0 Å². The normalized spacial score (nSPS) is 28.4. The molecule has 2 atom stereocenters. The SMILES string of the molecule is Cc1cc(C(=O)N2CC[C@]3(C[C@H](NS(C)(=O)=O)CCO3)C2)on1. The summed E-state index contributed by atoms with van der Waals surface area (Å²) in [6.07, 6.45) is 3.06. The maximum atomic E-state index is 12.4. The predicted octanol–water partition coefficient (Wildman–Crippen LogP) is 0.296. The smallest absolute Gasteiger partial charge is 0.292 e. The van der Waals surface area contributed by atoms with E-state index in [0.29, 0.717) is 44.7 Å². The van der Waals surface area contributed by atoms with Gasteiger partial charge in [0.05, 0.1) is 24.1 Å². The van der Waals surface area contributed by atoms with Gasteiger partial charge in [0.2, 0.25) is 15.8 Å². The van der Waals surface area contributed by atoms with Gasteiger partial charge in [-0.1, -0.05) is 5.16 Å². The first-order valence-corrected chi connectivity index (χ1v) is 9.49. The first kappa shape index (κ1) is 16.4. The van der Waals surface area contributed by atoms with Crippen molar-refractivity contribution in [3.63, 3.8) is 0 Å². The molecule has 1 spiro atoms. The van der Waals surface area contributed by atoms with Gasteiger partial charge in [-0.2, -0.15) is 0 Å². The van der Waals surface area contributed by atoms with E-state index in [1.165, 1.54) is 0 Å². The summed E-state index contributed by atoms with van der Waals surface area (Å²) in [6.45, 7) is 3.24. The summed E-state index contributed by atoms with van der Waals surface area (Å²) >= 11 is 0. The molecule has 2 aliphatic heterocycles. The second-order valence-corrected chi connectivity index (χ2v) is 8.20. The third-order valence-electron chi connectivity index (χ3n) is 4.32. The molecule has 0 saturated carbocycles. The van der Waals surface area contributed by atoms with E-state index < -0.39 is 15.6 Å². The first-order valence-electron chi connectivity index (χ1n) is 7.60. The van der Waals surface area contributed by atoms with E-state index in [1.54, 1.807) is 17.9 Å². The van der Waals surface area contributed by atoms with Gasteiger partial charge >= 0.3 is 0 Å². The van der Waals surface area contributed by atoms with Crippen molar-refractivity contribution in [3.8, 4) is 0 Å². The van der Waals surface area contributed by atoms with E-state index >= 15 is 0 Å². The van der Waals surface area contributed by atoms with Crippen molar-refractivity contribution in [1.29, 1.82) is 0 Å². The maximum Gasteiger partial charge on any atom is 0.292 e. The molecule has 0 radical (unpaired) electrons. The van der Waals surface area contributed by atoms with Gasteiger partial charge in [-0.3, -0.25) is 4.79 Å². The molecule has 1 aromatic rings. The lowest BCUT2D eigenvalue weighted by Crippen LogP contribution is -2.50. The molecule has 3 heterocycles. The minimum Gasteiger partial charge on any atom is -0.373 e. The third-order valence-corrected chi connectivity index (χ3v) is 5.08. The van der Waals surface area contributed by atoms with Gasteiger partial charge in [-0.15, -0.1) is 0 Å². The van der Waals surface area contributed by atoms with E-state index in [1.807, 2.05) is 0 Å². The summed E-state index contributed by atoms with van der Waals surface area (Å²) in [5, 5.41) is 3.74. The number of rotatable bonds is 3. The summed E-state index contributed by atoms with van der Waals surface area (Å²) in [6, 6.07) is 1.46. The van der Waals surface area contributed by atoms with Crippen molar-refractivity contribution < 1.29 is 22.5 Å². The van der Waals surface area contributed by atoms with Crippen LogP contribution in [0.15, 0.2) is 10.6 Å². The number of aryl methyl sites for hydroxylation is 1. The second-order valence-electron chi connectivity index (χ2n) is 6.42. The van der Waals surface area contributed by atoms with Crippen molar-refractivity contribution in [2.24, 2.45) is 0 Å². The molecular formula is C14H21N3O5S. The molecule has 1 aromatic heterocycles. The molecule has 23 heavy (non-hydrogen) atoms. The molecule has 2 saturated heterocycles. The fraction of sp³-hybridized carbons (Fsp3) is 0.714. The number of hydrogen-bond donors (Lipinski definition) is 1. The molecule has 9 heteroatoms. The van der Waals surface area contributed by atoms with Crippen LogP contribution in [-0.2, 0) is 14.8 Å². The van der Waals surface area contributed by atoms with Crippen LogP contribution in [0.5, 0.6) is 0 Å². The van der Waals surface area contributed by atoms with Crippen molar-refractivity contribution >= 4 is 15.9 Å². The Morgan fingerprint density at radius 1 is 1.52 bits per heavy atom. The highest BCUT2D eigenvalue weighted by atomic mass is 32.2. The number of nitrogens with one attached hydrogen (secondary N) is 1. The van der Waals surface area contributed by atoms with Gasteiger partial charge in [0.1, 0.15) is 0 Å². The topological polar surface area (TPSA) is 102 Å². The minimum atomic E-state index is -3.25. The van der Waals surface area contributed by atoms with Crippen molar-refractivity contribution in [2.45, 2.75) is 37.8 Å². The van der Waals surface area contributed by atoms with Crippen molar-refractivity contribution in [1.82, 2.24) is 14.8 Å². The molecular weight excluding hydrogens is 322 g/mol. The summed E-state index contributed by atoms with van der Waals surface area (Å²) < 4.78 is 36.4. The van der Waals surface area contributed by atoms with E-state index in [-0.39, 0.29) is 17.7 Å².